The number of ether oxygens (including phenoxy) is 1. The Hall–Kier alpha value is -2.89. The largest absolute Gasteiger partial charge is 0.493 e. The second-order valence-electron chi connectivity index (χ2n) is 8.27. The van der Waals surface area contributed by atoms with Crippen LogP contribution in [-0.2, 0) is 6.42 Å². The van der Waals surface area contributed by atoms with E-state index in [1.54, 1.807) is 12.1 Å². The summed E-state index contributed by atoms with van der Waals surface area (Å²) in [7, 11) is 0. The smallest absolute Gasteiger partial charge is 0.129 e. The Morgan fingerprint density at radius 3 is 3.00 bits per heavy atom. The van der Waals surface area contributed by atoms with Crippen LogP contribution in [-0.4, -0.2) is 29.2 Å². The molecule has 1 fully saturated rings. The topological polar surface area (TPSA) is 50.3 Å². The Bertz CT molecular complexity index is 1090. The van der Waals surface area contributed by atoms with E-state index >= 15 is 0 Å². The fraction of sp³-hybridized carbons (Fsp3) is 0.417. The molecule has 0 amide bonds. The third-order valence-corrected chi connectivity index (χ3v) is 6.23. The van der Waals surface area contributed by atoms with Crippen molar-refractivity contribution in [3.8, 4) is 5.75 Å². The van der Waals surface area contributed by atoms with Gasteiger partial charge in [0, 0.05) is 30.8 Å². The number of benzene rings is 1. The van der Waals surface area contributed by atoms with Crippen molar-refractivity contribution in [2.45, 2.75) is 51.6 Å². The number of hydrogen-bond acceptors (Lipinski definition) is 5. The van der Waals surface area contributed by atoms with Gasteiger partial charge in [0.2, 0.25) is 0 Å². The van der Waals surface area contributed by atoms with Crippen molar-refractivity contribution in [1.29, 1.82) is 0 Å². The Morgan fingerprint density at radius 1 is 1.23 bits per heavy atom. The molecular weight excluding hydrogens is 379 g/mol. The van der Waals surface area contributed by atoms with E-state index < -0.39 is 0 Å². The minimum absolute atomic E-state index is 0.0533. The molecule has 0 unspecified atom stereocenters. The molecule has 4 heterocycles. The van der Waals surface area contributed by atoms with Gasteiger partial charge in [-0.25, -0.2) is 9.37 Å². The lowest BCUT2D eigenvalue weighted by atomic mass is 10.0. The Balaban J connectivity index is 1.69. The van der Waals surface area contributed by atoms with Crippen molar-refractivity contribution < 1.29 is 9.13 Å². The normalized spacial score (nSPS) is 21.1. The molecule has 3 aromatic rings. The van der Waals surface area contributed by atoms with Crippen molar-refractivity contribution in [2.75, 3.05) is 23.4 Å². The van der Waals surface area contributed by atoms with E-state index in [1.807, 2.05) is 18.3 Å². The number of nitrogens with one attached hydrogen (secondary N) is 1. The van der Waals surface area contributed by atoms with Crippen molar-refractivity contribution in [3.63, 3.8) is 0 Å². The molecule has 0 aliphatic carbocycles. The van der Waals surface area contributed by atoms with E-state index in [4.69, 9.17) is 9.72 Å². The van der Waals surface area contributed by atoms with Gasteiger partial charge in [-0.1, -0.05) is 6.92 Å². The van der Waals surface area contributed by atoms with Gasteiger partial charge in [-0.15, -0.1) is 0 Å². The molecule has 1 aromatic carbocycles. The first-order valence-electron chi connectivity index (χ1n) is 10.9. The molecule has 0 spiro atoms. The van der Waals surface area contributed by atoms with Crippen LogP contribution in [0.5, 0.6) is 5.75 Å². The first-order chi connectivity index (χ1) is 14.6. The monoisotopic (exact) mass is 406 g/mol. The molecule has 5 rings (SSSR count). The average molecular weight is 407 g/mol. The lowest BCUT2D eigenvalue weighted by molar-refractivity contribution is 0.299. The summed E-state index contributed by atoms with van der Waals surface area (Å²) in [6.07, 6.45) is 5.66. The van der Waals surface area contributed by atoms with E-state index in [0.717, 1.165) is 71.6 Å². The van der Waals surface area contributed by atoms with E-state index in [1.165, 1.54) is 6.07 Å². The molecule has 2 aliphatic heterocycles. The second-order valence-corrected chi connectivity index (χ2v) is 8.27. The standard InChI is InChI=1S/C24H27FN4O/c1-3-16-14-26-19-7-9-22-28-24(19)23(16)27-15(2)10-12-30-21-8-6-17(25)13-18(21)20-5-4-11-29(20)22/h6-9,13-15,20,27H,3-5,10-12H2,1-2H3/t15-,20-/m1/s1. The van der Waals surface area contributed by atoms with E-state index in [9.17, 15) is 4.39 Å². The van der Waals surface area contributed by atoms with Gasteiger partial charge in [0.15, 0.2) is 0 Å². The van der Waals surface area contributed by atoms with Gasteiger partial charge < -0.3 is 15.0 Å². The molecule has 0 radical (unpaired) electrons. The average Bonchev–Trinajstić information content (AvgIpc) is 3.24. The van der Waals surface area contributed by atoms with Crippen molar-refractivity contribution >= 4 is 22.5 Å². The van der Waals surface area contributed by atoms with Crippen LogP contribution in [0.1, 0.15) is 50.3 Å². The highest BCUT2D eigenvalue weighted by atomic mass is 19.1. The fourth-order valence-corrected chi connectivity index (χ4v) is 4.62. The summed E-state index contributed by atoms with van der Waals surface area (Å²) in [5.74, 6) is 1.45. The third kappa shape index (κ3) is 3.34. The van der Waals surface area contributed by atoms with Gasteiger partial charge >= 0.3 is 0 Å². The molecule has 0 saturated carbocycles. The van der Waals surface area contributed by atoms with Gasteiger partial charge in [0.25, 0.3) is 0 Å². The highest BCUT2D eigenvalue weighted by molar-refractivity contribution is 5.90. The molecule has 6 heteroatoms. The zero-order valence-electron chi connectivity index (χ0n) is 17.5. The minimum Gasteiger partial charge on any atom is -0.493 e. The molecule has 1 saturated heterocycles. The number of pyridine rings is 2. The number of fused-ring (bicyclic) bond motifs is 5. The molecule has 2 bridgehead atoms. The summed E-state index contributed by atoms with van der Waals surface area (Å²) in [5.41, 5.74) is 4.94. The maximum Gasteiger partial charge on any atom is 0.129 e. The van der Waals surface area contributed by atoms with Crippen LogP contribution in [0.25, 0.3) is 11.0 Å². The zero-order chi connectivity index (χ0) is 20.7. The van der Waals surface area contributed by atoms with Crippen LogP contribution in [0.2, 0.25) is 0 Å². The van der Waals surface area contributed by atoms with Gasteiger partial charge in [-0.05, 0) is 62.1 Å². The first kappa shape index (κ1) is 19.1. The second kappa shape index (κ2) is 7.74. The van der Waals surface area contributed by atoms with Crippen LogP contribution in [0.15, 0.2) is 36.5 Å². The summed E-state index contributed by atoms with van der Waals surface area (Å²) in [6, 6.07) is 9.22. The number of anilines is 2. The quantitative estimate of drug-likeness (QED) is 0.598. The predicted molar refractivity (Wildman–Crippen MR) is 118 cm³/mol. The molecule has 2 aliphatic rings. The summed E-state index contributed by atoms with van der Waals surface area (Å²) < 4.78 is 20.3. The van der Waals surface area contributed by atoms with Crippen molar-refractivity contribution in [3.05, 3.63) is 53.5 Å². The van der Waals surface area contributed by atoms with E-state index in [-0.39, 0.29) is 17.9 Å². The number of aromatic nitrogens is 2. The van der Waals surface area contributed by atoms with Gasteiger partial charge in [0.05, 0.1) is 23.9 Å². The summed E-state index contributed by atoms with van der Waals surface area (Å²) >= 11 is 0. The Labute approximate surface area is 176 Å². The summed E-state index contributed by atoms with van der Waals surface area (Å²) in [5, 5.41) is 3.67. The third-order valence-electron chi connectivity index (χ3n) is 6.23. The number of halogens is 1. The highest BCUT2D eigenvalue weighted by Gasteiger charge is 2.30. The zero-order valence-corrected chi connectivity index (χ0v) is 17.5. The van der Waals surface area contributed by atoms with Crippen LogP contribution < -0.4 is 15.0 Å². The van der Waals surface area contributed by atoms with Crippen LogP contribution in [0.3, 0.4) is 0 Å². The number of rotatable bonds is 1. The molecule has 2 aromatic heterocycles. The Kier molecular flexibility index (Phi) is 4.93. The van der Waals surface area contributed by atoms with Gasteiger partial charge in [0.1, 0.15) is 22.9 Å². The maximum absolute atomic E-state index is 14.2. The summed E-state index contributed by atoms with van der Waals surface area (Å²) in [4.78, 5) is 12.0. The number of hydrogen-bond donors (Lipinski definition) is 1. The number of aryl methyl sites for hydroxylation is 1. The fourth-order valence-electron chi connectivity index (χ4n) is 4.62. The van der Waals surface area contributed by atoms with E-state index in [0.29, 0.717) is 6.61 Å². The van der Waals surface area contributed by atoms with Gasteiger partial charge in [-0.3, -0.25) is 4.98 Å². The Morgan fingerprint density at radius 2 is 2.13 bits per heavy atom. The molecule has 2 atom stereocenters. The molecule has 5 nitrogen and oxygen atoms in total. The van der Waals surface area contributed by atoms with Crippen LogP contribution >= 0.6 is 0 Å². The lowest BCUT2D eigenvalue weighted by Crippen LogP contribution is -2.24. The first-order valence-corrected chi connectivity index (χ1v) is 10.9. The molecule has 156 valence electrons. The van der Waals surface area contributed by atoms with Crippen LogP contribution in [0, 0.1) is 5.82 Å². The van der Waals surface area contributed by atoms with E-state index in [2.05, 4.69) is 29.0 Å². The molecular formula is C24H27FN4O. The van der Waals surface area contributed by atoms with Crippen molar-refractivity contribution in [2.24, 2.45) is 0 Å². The minimum atomic E-state index is -0.228. The van der Waals surface area contributed by atoms with Gasteiger partial charge in [-0.2, -0.15) is 0 Å². The molecule has 1 N–H and O–H groups in total. The van der Waals surface area contributed by atoms with Crippen molar-refractivity contribution in [1.82, 2.24) is 9.97 Å². The maximum atomic E-state index is 14.2. The predicted octanol–water partition coefficient (Wildman–Crippen LogP) is 5.26. The number of nitrogens with zero attached hydrogens (tertiary/aromatic N) is 3. The SMILES string of the molecule is CCc1cnc2ccc3nc2c1N[C@H](C)CCOc1ccc(F)cc1[C@H]1CCCN31. The summed E-state index contributed by atoms with van der Waals surface area (Å²) in [6.45, 7) is 5.75. The van der Waals surface area contributed by atoms with Crippen LogP contribution in [0.4, 0.5) is 15.9 Å². The molecule has 30 heavy (non-hydrogen) atoms. The lowest BCUT2D eigenvalue weighted by Gasteiger charge is -2.28. The highest BCUT2D eigenvalue weighted by Crippen LogP contribution is 2.41.